The van der Waals surface area contributed by atoms with E-state index in [1.54, 1.807) is 0 Å². The van der Waals surface area contributed by atoms with Crippen LogP contribution in [0.5, 0.6) is 0 Å². The molecule has 0 saturated heterocycles. The van der Waals surface area contributed by atoms with Crippen molar-refractivity contribution < 1.29 is 65.9 Å². The number of halogens is 15. The summed E-state index contributed by atoms with van der Waals surface area (Å²) >= 11 is 0. The Hall–Kier alpha value is -6.27. The van der Waals surface area contributed by atoms with E-state index in [1.807, 2.05) is 0 Å². The Balaban J connectivity index is 1.46. The third-order valence-corrected chi connectivity index (χ3v) is 9.21. The molecule has 0 aliphatic rings. The molecule has 56 heavy (non-hydrogen) atoms. The van der Waals surface area contributed by atoms with Crippen molar-refractivity contribution in [2.45, 2.75) is 17.8 Å². The summed E-state index contributed by atoms with van der Waals surface area (Å²) in [5, 5.41) is 0. The van der Waals surface area contributed by atoms with E-state index in [0.29, 0.717) is 0 Å². The quantitative estimate of drug-likeness (QED) is 0.0638. The van der Waals surface area contributed by atoms with Crippen molar-refractivity contribution >= 4 is 0 Å². The van der Waals surface area contributed by atoms with Crippen LogP contribution in [-0.2, 0) is 0 Å². The van der Waals surface area contributed by atoms with Gasteiger partial charge in [0.05, 0.1) is 11.8 Å². The fraction of sp³-hybridized carbons (Fsp3) is 0.0811. The largest absolute Gasteiger partial charge is 0.364 e. The van der Waals surface area contributed by atoms with Crippen LogP contribution in [0.1, 0.15) is 68.3 Å². The maximum absolute atomic E-state index is 15.6. The Bertz CT molecular complexity index is 2390. The zero-order valence-corrected chi connectivity index (χ0v) is 27.2. The number of aromatic nitrogens is 4. The Morgan fingerprint density at radius 1 is 0.304 bits per heavy atom. The van der Waals surface area contributed by atoms with Gasteiger partial charge in [-0.1, -0.05) is 0 Å². The van der Waals surface area contributed by atoms with Gasteiger partial charge in [0, 0.05) is 70.2 Å². The number of benzene rings is 3. The SMILES string of the molecule is Fc1c(F)c(F)c(C(c2c[nH]c(C(c3ccc[nH]3)c3c(F)c(F)c(F)c(F)c3F)c2)c2c[nH]c(C(c3ccc[nH]3)c3c(F)c(F)c(F)c(F)c3F)c2)c(F)c1F. The van der Waals surface area contributed by atoms with Crippen molar-refractivity contribution in [2.75, 3.05) is 0 Å². The minimum atomic E-state index is -2.57. The molecule has 0 fully saturated rings. The predicted octanol–water partition coefficient (Wildman–Crippen LogP) is 10.6. The molecule has 2 unspecified atom stereocenters. The average Bonchev–Trinajstić information content (AvgIpc) is 4.04. The van der Waals surface area contributed by atoms with Crippen molar-refractivity contribution in [3.8, 4) is 0 Å². The third kappa shape index (κ3) is 5.83. The van der Waals surface area contributed by atoms with Crippen molar-refractivity contribution in [1.29, 1.82) is 0 Å². The zero-order chi connectivity index (χ0) is 40.5. The summed E-state index contributed by atoms with van der Waals surface area (Å²) in [4.78, 5) is 10.1. The molecule has 4 aromatic heterocycles. The molecule has 0 bridgehead atoms. The number of hydrogen-bond acceptors (Lipinski definition) is 0. The van der Waals surface area contributed by atoms with E-state index in [1.165, 1.54) is 36.7 Å². The highest BCUT2D eigenvalue weighted by molar-refractivity contribution is 5.50. The molecule has 2 atom stereocenters. The van der Waals surface area contributed by atoms with Crippen molar-refractivity contribution in [2.24, 2.45) is 0 Å². The van der Waals surface area contributed by atoms with Crippen LogP contribution in [0.2, 0.25) is 0 Å². The van der Waals surface area contributed by atoms with Gasteiger partial charge in [0.15, 0.2) is 69.8 Å². The first-order chi connectivity index (χ1) is 26.6. The van der Waals surface area contributed by atoms with Crippen LogP contribution in [0.15, 0.2) is 61.2 Å². The molecule has 19 heteroatoms. The lowest BCUT2D eigenvalue weighted by atomic mass is 9.84. The van der Waals surface area contributed by atoms with Gasteiger partial charge in [0.25, 0.3) is 0 Å². The maximum atomic E-state index is 15.6. The molecule has 0 aliphatic heterocycles. The summed E-state index contributed by atoms with van der Waals surface area (Å²) in [5.41, 5.74) is -6.69. The topological polar surface area (TPSA) is 63.2 Å². The van der Waals surface area contributed by atoms with Gasteiger partial charge >= 0.3 is 0 Å². The fourth-order valence-corrected chi connectivity index (χ4v) is 6.68. The minimum Gasteiger partial charge on any atom is -0.364 e. The lowest BCUT2D eigenvalue weighted by Gasteiger charge is -2.20. The van der Waals surface area contributed by atoms with Crippen LogP contribution in [0.4, 0.5) is 65.9 Å². The van der Waals surface area contributed by atoms with Gasteiger partial charge in [-0.05, 0) is 47.5 Å². The summed E-state index contributed by atoms with van der Waals surface area (Å²) < 4.78 is 222. The molecule has 7 aromatic rings. The van der Waals surface area contributed by atoms with Crippen molar-refractivity contribution in [3.05, 3.63) is 199 Å². The molecular weight excluding hydrogens is 785 g/mol. The van der Waals surface area contributed by atoms with E-state index in [0.717, 1.165) is 24.5 Å². The van der Waals surface area contributed by atoms with Crippen LogP contribution in [0, 0.1) is 87.3 Å². The van der Waals surface area contributed by atoms with Gasteiger partial charge in [0.2, 0.25) is 17.5 Å². The first-order valence-electron chi connectivity index (χ1n) is 15.7. The van der Waals surface area contributed by atoms with Crippen LogP contribution in [-0.4, -0.2) is 19.9 Å². The molecule has 290 valence electrons. The minimum absolute atomic E-state index is 0.213. The number of nitrogens with one attached hydrogen (secondary N) is 4. The van der Waals surface area contributed by atoms with E-state index in [4.69, 9.17) is 0 Å². The zero-order valence-electron chi connectivity index (χ0n) is 27.2. The summed E-state index contributed by atoms with van der Waals surface area (Å²) in [6.07, 6.45) is 4.11. The number of H-pyrrole nitrogens is 4. The molecule has 0 aliphatic carbocycles. The van der Waals surface area contributed by atoms with Gasteiger partial charge < -0.3 is 19.9 Å². The molecule has 7 rings (SSSR count). The van der Waals surface area contributed by atoms with E-state index in [-0.39, 0.29) is 11.4 Å². The number of hydrogen-bond donors (Lipinski definition) is 4. The molecule has 0 radical (unpaired) electrons. The Kier molecular flexibility index (Phi) is 9.57. The van der Waals surface area contributed by atoms with E-state index in [9.17, 15) is 39.5 Å². The predicted molar refractivity (Wildman–Crippen MR) is 165 cm³/mol. The molecule has 4 nitrogen and oxygen atoms in total. The summed E-state index contributed by atoms with van der Waals surface area (Å²) in [6, 6.07) is 6.61. The first kappa shape index (κ1) is 38.0. The van der Waals surface area contributed by atoms with Crippen LogP contribution >= 0.6 is 0 Å². The van der Waals surface area contributed by atoms with E-state index < -0.39 is 144 Å². The summed E-state index contributed by atoms with van der Waals surface area (Å²) in [6.45, 7) is 0. The molecular formula is C37H17F15N4. The fourth-order valence-electron chi connectivity index (χ4n) is 6.68. The molecule has 4 heterocycles. The number of aromatic amines is 4. The summed E-state index contributed by atoms with van der Waals surface area (Å²) in [5.74, 6) is -41.6. The Morgan fingerprint density at radius 2 is 0.571 bits per heavy atom. The van der Waals surface area contributed by atoms with Crippen LogP contribution in [0.25, 0.3) is 0 Å². The standard InChI is InChI=1S/C37H17F15N4/c38-23-20(24(39)30(45)35(50)29(23)44)17(11-7-15(55-9-11)18(13-3-1-5-53-13)21-25(40)31(46)36(51)32(47)26(21)41)12-8-16(56-10-12)19(14-4-2-6-54-14)22-27(42)33(48)37(52)34(49)28(22)43/h1-10,17-19,53-56H. The summed E-state index contributed by atoms with van der Waals surface area (Å²) in [7, 11) is 0. The third-order valence-electron chi connectivity index (χ3n) is 9.21. The second-order valence-corrected chi connectivity index (χ2v) is 12.3. The Morgan fingerprint density at radius 3 is 0.839 bits per heavy atom. The van der Waals surface area contributed by atoms with E-state index in [2.05, 4.69) is 19.9 Å². The highest BCUT2D eigenvalue weighted by Gasteiger charge is 2.38. The van der Waals surface area contributed by atoms with Crippen molar-refractivity contribution in [1.82, 2.24) is 19.9 Å². The van der Waals surface area contributed by atoms with Gasteiger partial charge in [-0.2, -0.15) is 0 Å². The highest BCUT2D eigenvalue weighted by atomic mass is 19.2. The second kappa shape index (κ2) is 14.1. The Labute approximate surface area is 302 Å². The molecule has 0 spiro atoms. The molecule has 4 N–H and O–H groups in total. The lowest BCUT2D eigenvalue weighted by Crippen LogP contribution is -2.15. The monoisotopic (exact) mass is 802 g/mol. The van der Waals surface area contributed by atoms with Crippen molar-refractivity contribution in [3.63, 3.8) is 0 Å². The molecule has 3 aromatic carbocycles. The van der Waals surface area contributed by atoms with Gasteiger partial charge in [0.1, 0.15) is 0 Å². The van der Waals surface area contributed by atoms with Crippen LogP contribution < -0.4 is 0 Å². The molecule has 0 amide bonds. The number of rotatable bonds is 9. The van der Waals surface area contributed by atoms with Gasteiger partial charge in [-0.3, -0.25) is 0 Å². The first-order valence-corrected chi connectivity index (χ1v) is 15.7. The smallest absolute Gasteiger partial charge is 0.200 e. The van der Waals surface area contributed by atoms with Crippen LogP contribution in [0.3, 0.4) is 0 Å². The highest BCUT2D eigenvalue weighted by Crippen LogP contribution is 2.44. The average molecular weight is 803 g/mol. The second-order valence-electron chi connectivity index (χ2n) is 12.3. The maximum Gasteiger partial charge on any atom is 0.200 e. The van der Waals surface area contributed by atoms with Gasteiger partial charge in [-0.15, -0.1) is 0 Å². The van der Waals surface area contributed by atoms with Gasteiger partial charge in [-0.25, -0.2) is 65.9 Å². The van der Waals surface area contributed by atoms with E-state index >= 15 is 26.3 Å². The normalized spacial score (nSPS) is 13.4. The lowest BCUT2D eigenvalue weighted by molar-refractivity contribution is 0.368. The molecule has 0 saturated carbocycles.